The number of carbonyl (C=O) groups excluding carboxylic acids is 4. The molecule has 0 aliphatic heterocycles. The summed E-state index contributed by atoms with van der Waals surface area (Å²) in [5.41, 5.74) is 0.827. The van der Waals surface area contributed by atoms with Crippen LogP contribution in [0.2, 0.25) is 0 Å². The van der Waals surface area contributed by atoms with E-state index in [0.29, 0.717) is 12.7 Å². The van der Waals surface area contributed by atoms with Crippen LogP contribution in [0.3, 0.4) is 0 Å². The fourth-order valence-electron chi connectivity index (χ4n) is 2.25. The molecule has 1 aromatic rings. The predicted octanol–water partition coefficient (Wildman–Crippen LogP) is 1.15. The second-order valence-electron chi connectivity index (χ2n) is 6.59. The summed E-state index contributed by atoms with van der Waals surface area (Å²) in [6, 6.07) is 7.70. The number of carbonyl (C=O) groups is 4. The summed E-state index contributed by atoms with van der Waals surface area (Å²) in [5.74, 6) is -0.759. The van der Waals surface area contributed by atoms with Gasteiger partial charge in [0.05, 0.1) is 6.04 Å². The van der Waals surface area contributed by atoms with Crippen molar-refractivity contribution in [2.75, 3.05) is 6.54 Å². The predicted molar refractivity (Wildman–Crippen MR) is 99.7 cm³/mol. The summed E-state index contributed by atoms with van der Waals surface area (Å²) in [6.07, 6.45) is 0.464. The number of nitrogens with one attached hydrogen (secondary N) is 3. The Hall–Kier alpha value is -2.90. The molecule has 0 aromatic heterocycles. The van der Waals surface area contributed by atoms with Gasteiger partial charge in [-0.3, -0.25) is 9.59 Å². The first-order valence-electron chi connectivity index (χ1n) is 8.81. The lowest BCUT2D eigenvalue weighted by molar-refractivity contribution is -0.129. The molecule has 0 unspecified atom stereocenters. The molecule has 8 nitrogen and oxygen atoms in total. The van der Waals surface area contributed by atoms with Gasteiger partial charge >= 0.3 is 6.09 Å². The zero-order valence-electron chi connectivity index (χ0n) is 15.9. The van der Waals surface area contributed by atoms with Crippen molar-refractivity contribution in [3.8, 4) is 0 Å². The van der Waals surface area contributed by atoms with E-state index in [9.17, 15) is 19.2 Å². The maximum absolute atomic E-state index is 12.0. The second-order valence-corrected chi connectivity index (χ2v) is 6.59. The third-order valence-corrected chi connectivity index (χ3v) is 3.59. The minimum Gasteiger partial charge on any atom is -0.445 e. The number of ether oxygens (including phenoxy) is 1. The van der Waals surface area contributed by atoms with Gasteiger partial charge in [-0.1, -0.05) is 44.2 Å². The molecule has 0 spiro atoms. The van der Waals surface area contributed by atoms with Crippen molar-refractivity contribution in [1.82, 2.24) is 16.0 Å². The fourth-order valence-corrected chi connectivity index (χ4v) is 2.25. The summed E-state index contributed by atoms with van der Waals surface area (Å²) in [6.45, 7) is 5.15. The highest BCUT2D eigenvalue weighted by atomic mass is 16.5. The highest BCUT2D eigenvalue weighted by Gasteiger charge is 2.20. The van der Waals surface area contributed by atoms with E-state index < -0.39 is 30.0 Å². The van der Waals surface area contributed by atoms with Gasteiger partial charge in [0.1, 0.15) is 25.5 Å². The molecule has 0 saturated heterocycles. The number of benzene rings is 1. The molecule has 0 heterocycles. The van der Waals surface area contributed by atoms with Crippen molar-refractivity contribution in [3.63, 3.8) is 0 Å². The average Bonchev–Trinajstić information content (AvgIpc) is 2.64. The van der Waals surface area contributed by atoms with Crippen LogP contribution in [0.1, 0.15) is 32.8 Å². The minimum absolute atomic E-state index is 0.0933. The van der Waals surface area contributed by atoms with Crippen LogP contribution in [0.15, 0.2) is 30.3 Å². The van der Waals surface area contributed by atoms with Crippen LogP contribution < -0.4 is 16.0 Å². The number of amides is 3. The largest absolute Gasteiger partial charge is 0.445 e. The molecule has 3 N–H and O–H groups in total. The van der Waals surface area contributed by atoms with Crippen molar-refractivity contribution in [2.45, 2.75) is 45.9 Å². The molecule has 0 radical (unpaired) electrons. The molecule has 0 aliphatic rings. The van der Waals surface area contributed by atoms with Gasteiger partial charge < -0.3 is 25.5 Å². The van der Waals surface area contributed by atoms with E-state index in [0.717, 1.165) is 5.56 Å². The summed E-state index contributed by atoms with van der Waals surface area (Å²) >= 11 is 0. The van der Waals surface area contributed by atoms with E-state index in [-0.39, 0.29) is 19.1 Å². The minimum atomic E-state index is -0.839. The Labute approximate surface area is 159 Å². The molecule has 27 heavy (non-hydrogen) atoms. The van der Waals surface area contributed by atoms with Crippen LogP contribution >= 0.6 is 0 Å². The summed E-state index contributed by atoms with van der Waals surface area (Å²) in [4.78, 5) is 46.5. The van der Waals surface area contributed by atoms with E-state index in [1.165, 1.54) is 6.92 Å². The van der Waals surface area contributed by atoms with Gasteiger partial charge in [0.25, 0.3) is 0 Å². The number of hydrogen-bond acceptors (Lipinski definition) is 5. The molecule has 0 saturated carbocycles. The van der Waals surface area contributed by atoms with Crippen molar-refractivity contribution >= 4 is 24.2 Å². The molecule has 8 heteroatoms. The van der Waals surface area contributed by atoms with E-state index >= 15 is 0 Å². The Balaban J connectivity index is 2.30. The molecular weight excluding hydrogens is 350 g/mol. The van der Waals surface area contributed by atoms with Crippen molar-refractivity contribution in [2.24, 2.45) is 5.92 Å². The fraction of sp³-hybridized carbons (Fsp3) is 0.474. The van der Waals surface area contributed by atoms with Crippen LogP contribution in [0.5, 0.6) is 0 Å². The third-order valence-electron chi connectivity index (χ3n) is 3.59. The van der Waals surface area contributed by atoms with E-state index in [4.69, 9.17) is 4.74 Å². The Morgan fingerprint density at radius 3 is 2.33 bits per heavy atom. The van der Waals surface area contributed by atoms with Gasteiger partial charge in [-0.05, 0) is 24.8 Å². The molecule has 1 rings (SSSR count). The molecule has 0 fully saturated rings. The lowest BCUT2D eigenvalue weighted by atomic mass is 10.0. The summed E-state index contributed by atoms with van der Waals surface area (Å²) in [5, 5.41) is 7.34. The highest BCUT2D eigenvalue weighted by molar-refractivity contribution is 5.90. The highest BCUT2D eigenvalue weighted by Crippen LogP contribution is 2.03. The van der Waals surface area contributed by atoms with E-state index in [1.807, 2.05) is 44.2 Å². The zero-order chi connectivity index (χ0) is 20.2. The number of hydrogen-bond donors (Lipinski definition) is 3. The molecule has 0 aliphatic carbocycles. The lowest BCUT2D eigenvalue weighted by Crippen LogP contribution is -2.50. The number of rotatable bonds is 10. The van der Waals surface area contributed by atoms with E-state index in [2.05, 4.69) is 16.0 Å². The summed E-state index contributed by atoms with van der Waals surface area (Å²) in [7, 11) is 0. The summed E-state index contributed by atoms with van der Waals surface area (Å²) < 4.78 is 4.99. The van der Waals surface area contributed by atoms with Gasteiger partial charge in [0, 0.05) is 0 Å². The topological polar surface area (TPSA) is 114 Å². The molecular formula is C19H27N3O5. The SMILES string of the molecule is CC(C)C[C@@H](C=O)NC(=O)[C@H](C)NC(=O)CNC(=O)OCc1ccccc1. The average molecular weight is 377 g/mol. The van der Waals surface area contributed by atoms with Gasteiger partial charge in [-0.25, -0.2) is 4.79 Å². The zero-order valence-corrected chi connectivity index (χ0v) is 15.9. The Kier molecular flexibility index (Phi) is 9.57. The lowest BCUT2D eigenvalue weighted by Gasteiger charge is -2.19. The van der Waals surface area contributed by atoms with Crippen LogP contribution in [0.25, 0.3) is 0 Å². The molecule has 0 bridgehead atoms. The number of aldehydes is 1. The number of alkyl carbamates (subject to hydrolysis) is 1. The smallest absolute Gasteiger partial charge is 0.407 e. The molecule has 148 valence electrons. The van der Waals surface area contributed by atoms with Crippen molar-refractivity contribution in [3.05, 3.63) is 35.9 Å². The first kappa shape index (κ1) is 22.1. The van der Waals surface area contributed by atoms with Crippen LogP contribution in [0, 0.1) is 5.92 Å². The van der Waals surface area contributed by atoms with Gasteiger partial charge in [-0.2, -0.15) is 0 Å². The standard InChI is InChI=1S/C19H27N3O5/c1-13(2)9-16(11-23)22-18(25)14(3)21-17(24)10-20-19(26)27-12-15-7-5-4-6-8-15/h4-8,11,13-14,16H,9-10,12H2,1-3H3,(H,20,26)(H,21,24)(H,22,25)/t14-,16-/m0/s1. The normalized spacial score (nSPS) is 12.6. The molecule has 3 amide bonds. The molecule has 1 aromatic carbocycles. The van der Waals surface area contributed by atoms with Crippen molar-refractivity contribution in [1.29, 1.82) is 0 Å². The maximum Gasteiger partial charge on any atom is 0.407 e. The third kappa shape index (κ3) is 9.39. The maximum atomic E-state index is 12.0. The van der Waals surface area contributed by atoms with E-state index in [1.54, 1.807) is 0 Å². The van der Waals surface area contributed by atoms with Gasteiger partial charge in [-0.15, -0.1) is 0 Å². The van der Waals surface area contributed by atoms with Crippen molar-refractivity contribution < 1.29 is 23.9 Å². The Morgan fingerprint density at radius 2 is 1.74 bits per heavy atom. The second kappa shape index (κ2) is 11.7. The monoisotopic (exact) mass is 377 g/mol. The Bertz CT molecular complexity index is 633. The van der Waals surface area contributed by atoms with Crippen LogP contribution in [-0.2, 0) is 25.7 Å². The Morgan fingerprint density at radius 1 is 1.07 bits per heavy atom. The van der Waals surface area contributed by atoms with Gasteiger partial charge in [0.2, 0.25) is 11.8 Å². The quantitative estimate of drug-likeness (QED) is 0.529. The van der Waals surface area contributed by atoms with Gasteiger partial charge in [0.15, 0.2) is 0 Å². The first-order chi connectivity index (χ1) is 12.8. The first-order valence-corrected chi connectivity index (χ1v) is 8.81. The van der Waals surface area contributed by atoms with Crippen LogP contribution in [-0.4, -0.2) is 42.8 Å². The van der Waals surface area contributed by atoms with Crippen LogP contribution in [0.4, 0.5) is 4.79 Å². The molecule has 2 atom stereocenters.